The van der Waals surface area contributed by atoms with E-state index in [1.54, 1.807) is 31.4 Å². The summed E-state index contributed by atoms with van der Waals surface area (Å²) in [7, 11) is 1.58. The maximum absolute atomic E-state index is 13.7. The second-order valence-electron chi connectivity index (χ2n) is 4.55. The Balaban J connectivity index is 2.23. The van der Waals surface area contributed by atoms with Gasteiger partial charge >= 0.3 is 0 Å². The van der Waals surface area contributed by atoms with Crippen LogP contribution in [0.2, 0.25) is 0 Å². The van der Waals surface area contributed by atoms with E-state index in [1.807, 2.05) is 13.0 Å². The molecule has 4 heteroatoms. The molecule has 0 heterocycles. The molecule has 0 radical (unpaired) electrons. The quantitative estimate of drug-likeness (QED) is 0.776. The Kier molecular flexibility index (Phi) is 4.55. The number of carbonyl (C=O) groups excluding carboxylic acids is 1. The Morgan fingerprint density at radius 1 is 1.25 bits per heavy atom. The Hall–Kier alpha value is -1.68. The lowest BCUT2D eigenvalue weighted by Gasteiger charge is -2.07. The lowest BCUT2D eigenvalue weighted by molar-refractivity contribution is 0.0989. The molecule has 0 fully saturated rings. The molecule has 0 unspecified atom stereocenters. The van der Waals surface area contributed by atoms with E-state index in [-0.39, 0.29) is 17.8 Å². The highest BCUT2D eigenvalue weighted by Crippen LogP contribution is 2.26. The molecule has 0 aromatic heterocycles. The van der Waals surface area contributed by atoms with Crippen molar-refractivity contribution in [1.29, 1.82) is 0 Å². The van der Waals surface area contributed by atoms with Gasteiger partial charge in [0.25, 0.3) is 0 Å². The molecule has 104 valence electrons. The fraction of sp³-hybridized carbons (Fsp3) is 0.188. The first-order valence-electron chi connectivity index (χ1n) is 6.13. The van der Waals surface area contributed by atoms with Crippen molar-refractivity contribution in [2.24, 2.45) is 0 Å². The molecule has 0 N–H and O–H groups in total. The van der Waals surface area contributed by atoms with Gasteiger partial charge in [0.1, 0.15) is 11.6 Å². The van der Waals surface area contributed by atoms with Gasteiger partial charge < -0.3 is 4.74 Å². The number of methoxy groups -OCH3 is 1. The summed E-state index contributed by atoms with van der Waals surface area (Å²) in [6.07, 6.45) is 0.156. The predicted octanol–water partition coefficient (Wildman–Crippen LogP) is 4.33. The normalized spacial score (nSPS) is 10.4. The third-order valence-electron chi connectivity index (χ3n) is 3.00. The largest absolute Gasteiger partial charge is 0.496 e. The zero-order valence-corrected chi connectivity index (χ0v) is 12.8. The van der Waals surface area contributed by atoms with Crippen LogP contribution in [-0.4, -0.2) is 12.9 Å². The molecule has 0 atom stereocenters. The van der Waals surface area contributed by atoms with E-state index in [4.69, 9.17) is 4.74 Å². The number of benzene rings is 2. The van der Waals surface area contributed by atoms with E-state index >= 15 is 0 Å². The van der Waals surface area contributed by atoms with Crippen molar-refractivity contribution in [3.63, 3.8) is 0 Å². The van der Waals surface area contributed by atoms with Crippen molar-refractivity contribution in [2.75, 3.05) is 7.11 Å². The van der Waals surface area contributed by atoms with Gasteiger partial charge in [-0.05, 0) is 52.7 Å². The lowest BCUT2D eigenvalue weighted by atomic mass is 10.0. The van der Waals surface area contributed by atoms with Gasteiger partial charge in [-0.25, -0.2) is 4.39 Å². The number of Topliss-reactive ketones (excluding diaryl/α,β-unsaturated/α-hetero) is 1. The van der Waals surface area contributed by atoms with Crippen molar-refractivity contribution in [3.05, 3.63) is 63.4 Å². The minimum atomic E-state index is -0.479. The van der Waals surface area contributed by atoms with Crippen molar-refractivity contribution < 1.29 is 13.9 Å². The van der Waals surface area contributed by atoms with Gasteiger partial charge in [0, 0.05) is 6.42 Å². The summed E-state index contributed by atoms with van der Waals surface area (Å²) in [6.45, 7) is 1.83. The summed E-state index contributed by atoms with van der Waals surface area (Å²) >= 11 is 3.37. The first-order chi connectivity index (χ1) is 9.51. The fourth-order valence-electron chi connectivity index (χ4n) is 1.95. The highest BCUT2D eigenvalue weighted by molar-refractivity contribution is 9.10. The molecule has 0 saturated carbocycles. The van der Waals surface area contributed by atoms with Crippen LogP contribution >= 0.6 is 15.9 Å². The molecular weight excluding hydrogens is 323 g/mol. The number of hydrogen-bond donors (Lipinski definition) is 0. The van der Waals surface area contributed by atoms with Crippen molar-refractivity contribution in [2.45, 2.75) is 13.3 Å². The van der Waals surface area contributed by atoms with Gasteiger partial charge in [-0.3, -0.25) is 4.79 Å². The number of ketones is 1. The van der Waals surface area contributed by atoms with Crippen LogP contribution < -0.4 is 4.74 Å². The maximum Gasteiger partial charge on any atom is 0.170 e. The molecule has 2 nitrogen and oxygen atoms in total. The minimum absolute atomic E-state index is 0.136. The van der Waals surface area contributed by atoms with Crippen LogP contribution in [0.5, 0.6) is 5.75 Å². The van der Waals surface area contributed by atoms with E-state index in [9.17, 15) is 9.18 Å². The highest BCUT2D eigenvalue weighted by Gasteiger charge is 2.13. The summed E-state index contributed by atoms with van der Waals surface area (Å²) < 4.78 is 19.6. The van der Waals surface area contributed by atoms with Gasteiger partial charge in [0.2, 0.25) is 0 Å². The molecule has 2 aromatic rings. The van der Waals surface area contributed by atoms with Crippen LogP contribution in [0.25, 0.3) is 0 Å². The summed E-state index contributed by atoms with van der Waals surface area (Å²) in [5.41, 5.74) is 1.81. The van der Waals surface area contributed by atoms with Gasteiger partial charge in [0.15, 0.2) is 5.78 Å². The summed E-state index contributed by atoms with van der Waals surface area (Å²) in [5.74, 6) is -0.0145. The van der Waals surface area contributed by atoms with Crippen molar-refractivity contribution in [3.8, 4) is 5.75 Å². The number of carbonyl (C=O) groups is 1. The van der Waals surface area contributed by atoms with E-state index < -0.39 is 5.82 Å². The summed E-state index contributed by atoms with van der Waals surface area (Å²) in [5, 5.41) is 0. The number of ether oxygens (including phenoxy) is 1. The van der Waals surface area contributed by atoms with E-state index in [0.717, 1.165) is 15.6 Å². The van der Waals surface area contributed by atoms with Gasteiger partial charge in [-0.15, -0.1) is 0 Å². The van der Waals surface area contributed by atoms with Crippen LogP contribution in [0, 0.1) is 12.7 Å². The first kappa shape index (κ1) is 14.7. The molecule has 20 heavy (non-hydrogen) atoms. The van der Waals surface area contributed by atoms with Gasteiger partial charge in [-0.2, -0.15) is 0 Å². The second kappa shape index (κ2) is 6.18. The third kappa shape index (κ3) is 3.25. The van der Waals surface area contributed by atoms with Crippen LogP contribution in [0.3, 0.4) is 0 Å². The average molecular weight is 337 g/mol. The number of halogens is 2. The number of hydrogen-bond acceptors (Lipinski definition) is 2. The van der Waals surface area contributed by atoms with Crippen LogP contribution in [0.4, 0.5) is 4.39 Å². The van der Waals surface area contributed by atoms with Crippen LogP contribution in [-0.2, 0) is 6.42 Å². The standard InChI is InChI=1S/C16H14BrFO2/c1-10-3-5-14(18)12(7-10)15(19)9-11-4-6-16(20-2)13(17)8-11/h3-8H,9H2,1-2H3. The fourth-order valence-corrected chi connectivity index (χ4v) is 2.54. The van der Waals surface area contributed by atoms with E-state index in [2.05, 4.69) is 15.9 Å². The topological polar surface area (TPSA) is 26.3 Å². The van der Waals surface area contributed by atoms with Crippen LogP contribution in [0.15, 0.2) is 40.9 Å². The Morgan fingerprint density at radius 2 is 2.00 bits per heavy atom. The molecular formula is C16H14BrFO2. The van der Waals surface area contributed by atoms with E-state index in [0.29, 0.717) is 5.75 Å². The van der Waals surface area contributed by atoms with E-state index in [1.165, 1.54) is 6.07 Å². The first-order valence-corrected chi connectivity index (χ1v) is 6.92. The molecule has 0 bridgehead atoms. The Labute approximate surface area is 125 Å². The zero-order valence-electron chi connectivity index (χ0n) is 11.2. The lowest BCUT2D eigenvalue weighted by Crippen LogP contribution is -2.06. The van der Waals surface area contributed by atoms with Gasteiger partial charge in [0.05, 0.1) is 17.1 Å². The highest BCUT2D eigenvalue weighted by atomic mass is 79.9. The zero-order chi connectivity index (χ0) is 14.7. The molecule has 2 rings (SSSR count). The monoisotopic (exact) mass is 336 g/mol. The minimum Gasteiger partial charge on any atom is -0.496 e. The maximum atomic E-state index is 13.7. The SMILES string of the molecule is COc1ccc(CC(=O)c2cc(C)ccc2F)cc1Br. The summed E-state index contributed by atoms with van der Waals surface area (Å²) in [6, 6.07) is 9.94. The second-order valence-corrected chi connectivity index (χ2v) is 5.41. The van der Waals surface area contributed by atoms with Crippen molar-refractivity contribution >= 4 is 21.7 Å². The predicted molar refractivity (Wildman–Crippen MR) is 79.9 cm³/mol. The Morgan fingerprint density at radius 3 is 2.65 bits per heavy atom. The van der Waals surface area contributed by atoms with Gasteiger partial charge in [-0.1, -0.05) is 17.7 Å². The molecule has 0 amide bonds. The third-order valence-corrected chi connectivity index (χ3v) is 3.62. The molecule has 0 saturated heterocycles. The Bertz CT molecular complexity index is 653. The van der Waals surface area contributed by atoms with Crippen molar-refractivity contribution in [1.82, 2.24) is 0 Å². The number of rotatable bonds is 4. The number of aryl methyl sites for hydroxylation is 1. The molecule has 0 aliphatic rings. The molecule has 0 aliphatic carbocycles. The smallest absolute Gasteiger partial charge is 0.170 e. The van der Waals surface area contributed by atoms with Crippen LogP contribution in [0.1, 0.15) is 21.5 Å². The summed E-state index contributed by atoms with van der Waals surface area (Å²) in [4.78, 5) is 12.2. The molecule has 0 aliphatic heterocycles. The average Bonchev–Trinajstić information content (AvgIpc) is 2.41. The molecule has 2 aromatic carbocycles. The molecule has 0 spiro atoms.